The van der Waals surface area contributed by atoms with Crippen LogP contribution in [0.25, 0.3) is 10.4 Å². The maximum absolute atomic E-state index is 9.05. The lowest BCUT2D eigenvalue weighted by atomic mass is 10.6. The van der Waals surface area contributed by atoms with E-state index in [1.54, 1.807) is 5.38 Å². The van der Waals surface area contributed by atoms with Crippen molar-refractivity contribution in [1.82, 2.24) is 4.98 Å². The van der Waals surface area contributed by atoms with E-state index in [0.717, 1.165) is 0 Å². The van der Waals surface area contributed by atoms with Gasteiger partial charge in [-0.2, -0.15) is 4.98 Å². The highest BCUT2D eigenvalue weighted by Gasteiger charge is 2.08. The lowest BCUT2D eigenvalue weighted by Gasteiger charge is -1.78. The molecule has 2 aromatic rings. The molecule has 0 aromatic carbocycles. The van der Waals surface area contributed by atoms with Crippen LogP contribution in [0.15, 0.2) is 9.80 Å². The summed E-state index contributed by atoms with van der Waals surface area (Å²) in [7, 11) is 0. The van der Waals surface area contributed by atoms with Gasteiger partial charge in [-0.1, -0.05) is 0 Å². The van der Waals surface area contributed by atoms with E-state index in [9.17, 15) is 0 Å². The quantitative estimate of drug-likeness (QED) is 0.600. The predicted octanol–water partition coefficient (Wildman–Crippen LogP) is 1.18. The zero-order valence-corrected chi connectivity index (χ0v) is 5.68. The first-order valence-electron chi connectivity index (χ1n) is 2.60. The number of nitrogens with two attached hydrogens (primary N) is 1. The summed E-state index contributed by atoms with van der Waals surface area (Å²) in [6.07, 6.45) is 0. The number of hydrogen-bond acceptors (Lipinski definition) is 5. The molecule has 0 aliphatic rings. The summed E-state index contributed by atoms with van der Waals surface area (Å²) in [5, 5.41) is 10.6. The number of aromatic hydroxyl groups is 1. The summed E-state index contributed by atoms with van der Waals surface area (Å²) >= 11 is 1.30. The maximum Gasteiger partial charge on any atom is 0.293 e. The van der Waals surface area contributed by atoms with Gasteiger partial charge in [-0.15, -0.1) is 11.3 Å². The number of aromatic nitrogens is 1. The molecule has 0 spiro atoms. The van der Waals surface area contributed by atoms with Crippen LogP contribution in [0, 0.1) is 0 Å². The van der Waals surface area contributed by atoms with Gasteiger partial charge in [-0.3, -0.25) is 0 Å². The van der Waals surface area contributed by atoms with Gasteiger partial charge in [0.05, 0.1) is 0 Å². The Balaban J connectivity index is 2.90. The van der Waals surface area contributed by atoms with Crippen molar-refractivity contribution in [2.75, 3.05) is 5.73 Å². The van der Waals surface area contributed by atoms with Crippen molar-refractivity contribution in [2.45, 2.75) is 0 Å². The number of nitrogens with zero attached hydrogens (tertiary/aromatic N) is 1. The Labute approximate surface area is 59.9 Å². The van der Waals surface area contributed by atoms with Crippen LogP contribution in [-0.4, -0.2) is 10.1 Å². The Hall–Kier alpha value is -1.23. The molecule has 52 valence electrons. The molecule has 5 heteroatoms. The molecule has 0 fully saturated rings. The van der Waals surface area contributed by atoms with Gasteiger partial charge in [0.1, 0.15) is 0 Å². The zero-order valence-electron chi connectivity index (χ0n) is 4.87. The SMILES string of the molecule is Nc1nc2scc(O)c2o1. The molecule has 2 rings (SSSR count). The molecule has 3 N–H and O–H groups in total. The van der Waals surface area contributed by atoms with Crippen LogP contribution in [0.5, 0.6) is 5.75 Å². The number of oxazole rings is 1. The Bertz CT molecular complexity index is 364. The molecule has 0 amide bonds. The molecule has 2 aromatic heterocycles. The third-order valence-electron chi connectivity index (χ3n) is 1.13. The van der Waals surface area contributed by atoms with Gasteiger partial charge < -0.3 is 15.3 Å². The van der Waals surface area contributed by atoms with Crippen molar-refractivity contribution in [3.63, 3.8) is 0 Å². The van der Waals surface area contributed by atoms with Crippen LogP contribution in [0.3, 0.4) is 0 Å². The van der Waals surface area contributed by atoms with E-state index in [1.165, 1.54) is 11.3 Å². The Morgan fingerprint density at radius 3 is 3.20 bits per heavy atom. The highest BCUT2D eigenvalue weighted by atomic mass is 32.1. The van der Waals surface area contributed by atoms with Gasteiger partial charge in [-0.25, -0.2) is 0 Å². The topological polar surface area (TPSA) is 72.3 Å². The van der Waals surface area contributed by atoms with E-state index in [2.05, 4.69) is 4.98 Å². The molecule has 0 unspecified atom stereocenters. The molecule has 0 atom stereocenters. The van der Waals surface area contributed by atoms with E-state index in [4.69, 9.17) is 15.3 Å². The molecular weight excluding hydrogens is 152 g/mol. The van der Waals surface area contributed by atoms with Crippen molar-refractivity contribution in [3.05, 3.63) is 5.38 Å². The normalized spacial score (nSPS) is 10.8. The van der Waals surface area contributed by atoms with Gasteiger partial charge in [0.15, 0.2) is 10.6 Å². The lowest BCUT2D eigenvalue weighted by molar-refractivity contribution is 0.468. The molecule has 0 saturated heterocycles. The van der Waals surface area contributed by atoms with Gasteiger partial charge >= 0.3 is 0 Å². The summed E-state index contributed by atoms with van der Waals surface area (Å²) in [6, 6.07) is 0.0946. The van der Waals surface area contributed by atoms with E-state index in [1.807, 2.05) is 0 Å². The van der Waals surface area contributed by atoms with Crippen LogP contribution >= 0.6 is 11.3 Å². The molecule has 10 heavy (non-hydrogen) atoms. The Morgan fingerprint density at radius 2 is 2.50 bits per heavy atom. The van der Waals surface area contributed by atoms with Crippen LogP contribution in [0.2, 0.25) is 0 Å². The number of nitrogen functional groups attached to an aromatic ring is 1. The van der Waals surface area contributed by atoms with Gasteiger partial charge in [0.2, 0.25) is 5.58 Å². The summed E-state index contributed by atoms with van der Waals surface area (Å²) in [5.41, 5.74) is 5.60. The average molecular weight is 156 g/mol. The number of anilines is 1. The molecule has 0 radical (unpaired) electrons. The molecule has 2 heterocycles. The van der Waals surface area contributed by atoms with E-state index >= 15 is 0 Å². The summed E-state index contributed by atoms with van der Waals surface area (Å²) in [6.45, 7) is 0. The molecule has 0 aliphatic carbocycles. The summed E-state index contributed by atoms with van der Waals surface area (Å²) < 4.78 is 4.87. The van der Waals surface area contributed by atoms with Crippen molar-refractivity contribution >= 4 is 27.8 Å². The predicted molar refractivity (Wildman–Crippen MR) is 38.0 cm³/mol. The molecule has 0 bridgehead atoms. The second-order valence-electron chi connectivity index (χ2n) is 1.81. The number of rotatable bonds is 0. The van der Waals surface area contributed by atoms with Crippen molar-refractivity contribution in [3.8, 4) is 5.75 Å². The smallest absolute Gasteiger partial charge is 0.293 e. The average Bonchev–Trinajstić information content (AvgIpc) is 2.35. The van der Waals surface area contributed by atoms with Crippen LogP contribution in [-0.2, 0) is 0 Å². The van der Waals surface area contributed by atoms with Gasteiger partial charge in [0.25, 0.3) is 6.01 Å². The molecular formula is C5H4N2O2S. The second-order valence-corrected chi connectivity index (χ2v) is 2.67. The van der Waals surface area contributed by atoms with E-state index in [-0.39, 0.29) is 11.8 Å². The van der Waals surface area contributed by atoms with Crippen molar-refractivity contribution < 1.29 is 9.52 Å². The third-order valence-corrected chi connectivity index (χ3v) is 1.97. The fourth-order valence-corrected chi connectivity index (χ4v) is 1.46. The maximum atomic E-state index is 9.05. The first kappa shape index (κ1) is 5.55. The zero-order chi connectivity index (χ0) is 7.14. The minimum Gasteiger partial charge on any atom is -0.504 e. The Morgan fingerprint density at radius 1 is 1.70 bits per heavy atom. The number of thiophene rings is 1. The van der Waals surface area contributed by atoms with E-state index in [0.29, 0.717) is 10.4 Å². The van der Waals surface area contributed by atoms with Crippen LogP contribution in [0.4, 0.5) is 6.01 Å². The number of hydrogen-bond donors (Lipinski definition) is 2. The molecule has 4 nitrogen and oxygen atoms in total. The van der Waals surface area contributed by atoms with Gasteiger partial charge in [0, 0.05) is 5.38 Å². The largest absolute Gasteiger partial charge is 0.504 e. The highest BCUT2D eigenvalue weighted by Crippen LogP contribution is 2.31. The van der Waals surface area contributed by atoms with Crippen molar-refractivity contribution in [2.24, 2.45) is 0 Å². The van der Waals surface area contributed by atoms with Crippen LogP contribution in [0.1, 0.15) is 0 Å². The first-order valence-corrected chi connectivity index (χ1v) is 3.48. The monoisotopic (exact) mass is 156 g/mol. The Kier molecular flexibility index (Phi) is 0.906. The minimum absolute atomic E-state index is 0.0946. The minimum atomic E-state index is 0.0946. The third kappa shape index (κ3) is 0.577. The molecule has 0 saturated carbocycles. The van der Waals surface area contributed by atoms with Crippen LogP contribution < -0.4 is 5.73 Å². The van der Waals surface area contributed by atoms with Gasteiger partial charge in [-0.05, 0) is 0 Å². The summed E-state index contributed by atoms with van der Waals surface area (Å²) in [4.78, 5) is 4.44. The second kappa shape index (κ2) is 1.63. The summed E-state index contributed by atoms with van der Waals surface area (Å²) in [5.74, 6) is 0.101. The first-order chi connectivity index (χ1) is 4.77. The highest BCUT2D eigenvalue weighted by molar-refractivity contribution is 7.17. The lowest BCUT2D eigenvalue weighted by Crippen LogP contribution is -1.80. The van der Waals surface area contributed by atoms with E-state index < -0.39 is 0 Å². The van der Waals surface area contributed by atoms with Crippen molar-refractivity contribution in [1.29, 1.82) is 0 Å². The number of fused-ring (bicyclic) bond motifs is 1. The molecule has 0 aliphatic heterocycles. The fourth-order valence-electron chi connectivity index (χ4n) is 0.729. The fraction of sp³-hybridized carbons (Fsp3) is 0. The standard InChI is InChI=1S/C5H4N2O2S/c6-5-7-4-3(9-5)2(8)1-10-4/h1,8H,(H2,6,7).